The van der Waals surface area contributed by atoms with E-state index in [1.165, 1.54) is 0 Å². The number of ether oxygens (including phenoxy) is 1. The van der Waals surface area contributed by atoms with E-state index in [0.717, 1.165) is 12.8 Å². The van der Waals surface area contributed by atoms with Crippen molar-refractivity contribution in [3.63, 3.8) is 0 Å². The molecule has 0 aromatic carbocycles. The average Bonchev–Trinajstić information content (AvgIpc) is 3.06. The van der Waals surface area contributed by atoms with Gasteiger partial charge in [0.1, 0.15) is 17.9 Å². The molecule has 2 saturated carbocycles. The van der Waals surface area contributed by atoms with Gasteiger partial charge in [0.15, 0.2) is 0 Å². The first-order valence-electron chi connectivity index (χ1n) is 8.35. The lowest BCUT2D eigenvalue weighted by molar-refractivity contribution is -0.163. The van der Waals surface area contributed by atoms with Gasteiger partial charge < -0.3 is 25.7 Å². The van der Waals surface area contributed by atoms with Gasteiger partial charge in [0.05, 0.1) is 12.5 Å². The molecule has 0 saturated heterocycles. The van der Waals surface area contributed by atoms with Crippen molar-refractivity contribution in [2.75, 3.05) is 0 Å². The van der Waals surface area contributed by atoms with Crippen molar-refractivity contribution in [2.24, 2.45) is 16.6 Å². The molecule has 2 aliphatic rings. The van der Waals surface area contributed by atoms with Crippen molar-refractivity contribution >= 4 is 18.2 Å². The van der Waals surface area contributed by atoms with Crippen LogP contribution in [0.25, 0.3) is 0 Å². The third kappa shape index (κ3) is 3.62. The summed E-state index contributed by atoms with van der Waals surface area (Å²) in [7, 11) is 0. The number of aliphatic carboxylic acids is 1. The minimum Gasteiger partial charge on any atom is -0.481 e. The first-order chi connectivity index (χ1) is 10.9. The quantitative estimate of drug-likeness (QED) is 0.464. The normalized spacial score (nSPS) is 32.1. The molecule has 0 radical (unpaired) electrons. The number of carboxylic acid groups (broad SMARTS) is 1. The smallest absolute Gasteiger partial charge is 0.328 e. The molecule has 24 heavy (non-hydrogen) atoms. The van der Waals surface area contributed by atoms with E-state index in [-0.39, 0.29) is 23.4 Å². The third-order valence-corrected chi connectivity index (χ3v) is 5.42. The molecule has 136 valence electrons. The summed E-state index contributed by atoms with van der Waals surface area (Å²) in [6.07, 6.45) is 2.25. The molecule has 0 heterocycles. The van der Waals surface area contributed by atoms with Crippen LogP contribution in [0, 0.1) is 10.8 Å². The largest absolute Gasteiger partial charge is 0.481 e. The second-order valence-electron chi connectivity index (χ2n) is 8.57. The summed E-state index contributed by atoms with van der Waals surface area (Å²) in [4.78, 5) is 34.2. The van der Waals surface area contributed by atoms with Gasteiger partial charge in [0.25, 0.3) is 0 Å². The summed E-state index contributed by atoms with van der Waals surface area (Å²) in [5.41, 5.74) is 4.72. The summed E-state index contributed by atoms with van der Waals surface area (Å²) < 4.78 is 5.79. The van der Waals surface area contributed by atoms with Crippen LogP contribution in [0.15, 0.2) is 0 Å². The zero-order chi connectivity index (χ0) is 18.3. The van der Waals surface area contributed by atoms with Crippen molar-refractivity contribution < 1.29 is 24.2 Å². The molecular formula is C17H28N2O5. The minimum atomic E-state index is -1.19. The Morgan fingerprint density at radius 2 is 1.83 bits per heavy atom. The molecule has 0 amide bonds. The summed E-state index contributed by atoms with van der Waals surface area (Å²) in [5.74, 6) is -1.56. The highest BCUT2D eigenvalue weighted by Crippen LogP contribution is 2.51. The number of esters is 1. The number of hydrogen-bond donors (Lipinski definition) is 3. The number of carbonyl (C=O) groups is 3. The zero-order valence-corrected chi connectivity index (χ0v) is 14.8. The molecule has 0 aliphatic heterocycles. The summed E-state index contributed by atoms with van der Waals surface area (Å²) >= 11 is 0. The number of carboxylic acids is 1. The van der Waals surface area contributed by atoms with E-state index in [4.69, 9.17) is 15.6 Å². The first-order valence-corrected chi connectivity index (χ1v) is 8.35. The van der Waals surface area contributed by atoms with Gasteiger partial charge in [0, 0.05) is 16.9 Å². The lowest BCUT2D eigenvalue weighted by Crippen LogP contribution is -2.49. The number of nitrogens with one attached hydrogen (secondary N) is 1. The summed E-state index contributed by atoms with van der Waals surface area (Å²) in [6.45, 7) is 8.34. The SMILES string of the molecule is CC1(C)CCC(C)(C)C1OC(=O)C1(N)CC1N[C@H](C=O)CC(=O)O. The molecule has 2 rings (SSSR count). The molecule has 7 heteroatoms. The highest BCUT2D eigenvalue weighted by molar-refractivity contribution is 5.86. The number of hydrogen-bond acceptors (Lipinski definition) is 6. The molecule has 7 nitrogen and oxygen atoms in total. The van der Waals surface area contributed by atoms with Gasteiger partial charge >= 0.3 is 11.9 Å². The predicted molar refractivity (Wildman–Crippen MR) is 87.2 cm³/mol. The van der Waals surface area contributed by atoms with Crippen LogP contribution in [0.3, 0.4) is 0 Å². The van der Waals surface area contributed by atoms with Crippen molar-refractivity contribution in [3.8, 4) is 0 Å². The highest BCUT2D eigenvalue weighted by Gasteiger charge is 2.61. The fraction of sp³-hybridized carbons (Fsp3) is 0.824. The molecule has 0 aromatic heterocycles. The van der Waals surface area contributed by atoms with Crippen LogP contribution in [0.2, 0.25) is 0 Å². The standard InChI is InChI=1S/C17H28N2O5/c1-15(2)5-6-16(3,4)13(15)24-14(23)17(18)8-11(17)19-10(9-20)7-12(21)22/h9-11,13,19H,5-8,18H2,1-4H3,(H,21,22)/t10-,11?,17?/m0/s1. The molecule has 2 fully saturated rings. The molecular weight excluding hydrogens is 312 g/mol. The monoisotopic (exact) mass is 340 g/mol. The maximum absolute atomic E-state index is 12.6. The predicted octanol–water partition coefficient (Wildman–Crippen LogP) is 0.846. The van der Waals surface area contributed by atoms with Gasteiger partial charge in [0.2, 0.25) is 0 Å². The van der Waals surface area contributed by atoms with Crippen LogP contribution >= 0.6 is 0 Å². The third-order valence-electron chi connectivity index (χ3n) is 5.42. The van der Waals surface area contributed by atoms with Gasteiger partial charge in [-0.15, -0.1) is 0 Å². The summed E-state index contributed by atoms with van der Waals surface area (Å²) in [6, 6.07) is -1.29. The molecule has 0 bridgehead atoms. The Bertz CT molecular complexity index is 529. The Morgan fingerprint density at radius 1 is 1.29 bits per heavy atom. The Labute approximate surface area is 142 Å². The van der Waals surface area contributed by atoms with E-state index < -0.39 is 29.6 Å². The lowest BCUT2D eigenvalue weighted by Gasteiger charge is -2.35. The molecule has 0 spiro atoms. The van der Waals surface area contributed by atoms with Crippen LogP contribution in [0.1, 0.15) is 53.4 Å². The first kappa shape index (κ1) is 18.9. The van der Waals surface area contributed by atoms with Crippen molar-refractivity contribution in [1.29, 1.82) is 0 Å². The Hall–Kier alpha value is -1.47. The van der Waals surface area contributed by atoms with E-state index in [1.807, 2.05) is 0 Å². The lowest BCUT2D eigenvalue weighted by atomic mass is 9.81. The molecule has 2 aliphatic carbocycles. The molecule has 3 atom stereocenters. The zero-order valence-electron chi connectivity index (χ0n) is 14.8. The van der Waals surface area contributed by atoms with Gasteiger partial charge in [-0.1, -0.05) is 27.7 Å². The topological polar surface area (TPSA) is 119 Å². The van der Waals surface area contributed by atoms with Gasteiger partial charge in [-0.3, -0.25) is 4.79 Å². The second-order valence-corrected chi connectivity index (χ2v) is 8.57. The molecule has 0 aromatic rings. The van der Waals surface area contributed by atoms with E-state index in [1.54, 1.807) is 0 Å². The average molecular weight is 340 g/mol. The van der Waals surface area contributed by atoms with Gasteiger partial charge in [-0.05, 0) is 19.3 Å². The molecule has 2 unspecified atom stereocenters. The van der Waals surface area contributed by atoms with Crippen LogP contribution in [-0.2, 0) is 19.1 Å². The number of rotatable bonds is 7. The van der Waals surface area contributed by atoms with Crippen LogP contribution in [-0.4, -0.2) is 47.1 Å². The number of carbonyl (C=O) groups excluding carboxylic acids is 2. The van der Waals surface area contributed by atoms with Crippen LogP contribution < -0.4 is 11.1 Å². The van der Waals surface area contributed by atoms with Crippen molar-refractivity contribution in [1.82, 2.24) is 5.32 Å². The van der Waals surface area contributed by atoms with Gasteiger partial charge in [-0.25, -0.2) is 4.79 Å². The van der Waals surface area contributed by atoms with Crippen LogP contribution in [0.5, 0.6) is 0 Å². The second kappa shape index (κ2) is 6.11. The maximum Gasteiger partial charge on any atom is 0.328 e. The maximum atomic E-state index is 12.6. The molecule has 4 N–H and O–H groups in total. The summed E-state index contributed by atoms with van der Waals surface area (Å²) in [5, 5.41) is 11.6. The number of nitrogens with two attached hydrogens (primary N) is 1. The van der Waals surface area contributed by atoms with Crippen molar-refractivity contribution in [2.45, 2.75) is 77.1 Å². The van der Waals surface area contributed by atoms with E-state index in [9.17, 15) is 14.4 Å². The van der Waals surface area contributed by atoms with Gasteiger partial charge in [-0.2, -0.15) is 0 Å². The van der Waals surface area contributed by atoms with Crippen molar-refractivity contribution in [3.05, 3.63) is 0 Å². The fourth-order valence-electron chi connectivity index (χ4n) is 3.80. The number of aldehydes is 1. The Morgan fingerprint density at radius 3 is 2.29 bits per heavy atom. The van der Waals surface area contributed by atoms with E-state index in [2.05, 4.69) is 33.0 Å². The Balaban J connectivity index is 1.98. The van der Waals surface area contributed by atoms with Crippen LogP contribution in [0.4, 0.5) is 0 Å². The minimum absolute atomic E-state index is 0.109. The van der Waals surface area contributed by atoms with E-state index >= 15 is 0 Å². The fourth-order valence-corrected chi connectivity index (χ4v) is 3.80. The Kier molecular flexibility index (Phi) is 4.80. The van der Waals surface area contributed by atoms with E-state index in [0.29, 0.717) is 12.7 Å². The highest BCUT2D eigenvalue weighted by atomic mass is 16.5.